The van der Waals surface area contributed by atoms with Crippen molar-refractivity contribution in [2.45, 2.75) is 50.3 Å². The van der Waals surface area contributed by atoms with Gasteiger partial charge in [-0.15, -0.1) is 18.3 Å². The minimum Gasteiger partial charge on any atom is -0.480 e. The molecular weight excluding hydrogens is 300 g/mol. The van der Waals surface area contributed by atoms with E-state index in [9.17, 15) is 9.59 Å². The lowest BCUT2D eigenvalue weighted by Gasteiger charge is -2.17. The van der Waals surface area contributed by atoms with Crippen molar-refractivity contribution in [2.75, 3.05) is 12.3 Å². The number of thioether (sulfide) groups is 1. The summed E-state index contributed by atoms with van der Waals surface area (Å²) >= 11 is 1.31. The first-order chi connectivity index (χ1) is 10.3. The number of carbonyl (C=O) groups is 2. The van der Waals surface area contributed by atoms with E-state index in [1.165, 1.54) is 17.3 Å². The SMILES string of the molecule is C=C(C)CCCCCN1C(=C)CC(SCC(N)C(=O)O)C1=O. The van der Waals surface area contributed by atoms with E-state index < -0.39 is 12.0 Å². The summed E-state index contributed by atoms with van der Waals surface area (Å²) in [5.74, 6) is -0.760. The molecule has 1 amide bonds. The van der Waals surface area contributed by atoms with Gasteiger partial charge in [0.2, 0.25) is 5.91 Å². The molecule has 2 unspecified atom stereocenters. The molecule has 1 aliphatic heterocycles. The Hall–Kier alpha value is -1.27. The predicted octanol–water partition coefficient (Wildman–Crippen LogP) is 2.38. The smallest absolute Gasteiger partial charge is 0.321 e. The Kier molecular flexibility index (Phi) is 7.68. The van der Waals surface area contributed by atoms with Gasteiger partial charge in [0.25, 0.3) is 0 Å². The second-order valence-electron chi connectivity index (χ2n) is 5.79. The van der Waals surface area contributed by atoms with Gasteiger partial charge in [0.05, 0.1) is 5.25 Å². The molecule has 124 valence electrons. The molecule has 1 aliphatic rings. The third-order valence-electron chi connectivity index (χ3n) is 3.62. The van der Waals surface area contributed by atoms with Gasteiger partial charge >= 0.3 is 5.97 Å². The van der Waals surface area contributed by atoms with Crippen LogP contribution in [0, 0.1) is 0 Å². The molecule has 0 spiro atoms. The number of amides is 1. The molecule has 1 rings (SSSR count). The Bertz CT molecular complexity index is 451. The second kappa shape index (κ2) is 9.00. The van der Waals surface area contributed by atoms with Crippen LogP contribution < -0.4 is 5.73 Å². The topological polar surface area (TPSA) is 83.6 Å². The van der Waals surface area contributed by atoms with Gasteiger partial charge in [0.15, 0.2) is 0 Å². The molecule has 0 aromatic carbocycles. The Balaban J connectivity index is 2.34. The van der Waals surface area contributed by atoms with E-state index in [4.69, 9.17) is 10.8 Å². The highest BCUT2D eigenvalue weighted by molar-refractivity contribution is 8.00. The van der Waals surface area contributed by atoms with E-state index in [1.807, 2.05) is 6.92 Å². The molecule has 0 aliphatic carbocycles. The summed E-state index contributed by atoms with van der Waals surface area (Å²) in [5, 5.41) is 8.53. The number of rotatable bonds is 10. The number of aliphatic carboxylic acids is 1. The van der Waals surface area contributed by atoms with Crippen LogP contribution in [-0.4, -0.2) is 45.5 Å². The molecule has 0 saturated carbocycles. The lowest BCUT2D eigenvalue weighted by atomic mass is 10.1. The minimum absolute atomic E-state index is 0.0347. The summed E-state index contributed by atoms with van der Waals surface area (Å²) in [4.78, 5) is 24.8. The van der Waals surface area contributed by atoms with E-state index in [-0.39, 0.29) is 16.9 Å². The first-order valence-electron chi connectivity index (χ1n) is 7.56. The highest BCUT2D eigenvalue weighted by Gasteiger charge is 2.35. The van der Waals surface area contributed by atoms with E-state index in [1.54, 1.807) is 4.90 Å². The molecule has 0 aromatic heterocycles. The Morgan fingerprint density at radius 3 is 2.77 bits per heavy atom. The number of nitrogens with zero attached hydrogens (tertiary/aromatic N) is 1. The predicted molar refractivity (Wildman–Crippen MR) is 90.6 cm³/mol. The highest BCUT2D eigenvalue weighted by Crippen LogP contribution is 2.31. The summed E-state index contributed by atoms with van der Waals surface area (Å²) in [7, 11) is 0. The summed E-state index contributed by atoms with van der Waals surface area (Å²) < 4.78 is 0. The Morgan fingerprint density at radius 1 is 1.50 bits per heavy atom. The standard InChI is InChI=1S/C16H26N2O3S/c1-11(2)7-5-4-6-8-18-12(3)9-14(15(18)19)22-10-13(17)16(20)21/h13-14H,1,3-10,17H2,2H3,(H,20,21). The second-order valence-corrected chi connectivity index (χ2v) is 7.03. The molecule has 0 aromatic rings. The average Bonchev–Trinajstić information content (AvgIpc) is 2.70. The molecule has 1 heterocycles. The van der Waals surface area contributed by atoms with Crippen LogP contribution in [0.15, 0.2) is 24.4 Å². The van der Waals surface area contributed by atoms with Crippen molar-refractivity contribution in [2.24, 2.45) is 5.73 Å². The normalized spacial score (nSPS) is 19.5. The number of likely N-dealkylation sites (tertiary alicyclic amines) is 1. The van der Waals surface area contributed by atoms with Crippen molar-refractivity contribution in [1.82, 2.24) is 4.90 Å². The van der Waals surface area contributed by atoms with Gasteiger partial charge in [-0.05, 0) is 26.2 Å². The molecule has 6 heteroatoms. The maximum atomic E-state index is 12.3. The third-order valence-corrected chi connectivity index (χ3v) is 4.95. The Morgan fingerprint density at radius 2 is 2.18 bits per heavy atom. The van der Waals surface area contributed by atoms with Crippen LogP contribution in [-0.2, 0) is 9.59 Å². The van der Waals surface area contributed by atoms with Crippen molar-refractivity contribution in [3.8, 4) is 0 Å². The first-order valence-corrected chi connectivity index (χ1v) is 8.61. The molecule has 0 bridgehead atoms. The number of nitrogens with two attached hydrogens (primary N) is 1. The lowest BCUT2D eigenvalue weighted by molar-refractivity contribution is -0.138. The number of hydrogen-bond acceptors (Lipinski definition) is 4. The van der Waals surface area contributed by atoms with Gasteiger partial charge in [0.1, 0.15) is 6.04 Å². The van der Waals surface area contributed by atoms with Crippen LogP contribution in [0.2, 0.25) is 0 Å². The summed E-state index contributed by atoms with van der Waals surface area (Å²) in [6.07, 6.45) is 4.72. The van der Waals surface area contributed by atoms with Gasteiger partial charge in [-0.1, -0.05) is 18.6 Å². The molecule has 22 heavy (non-hydrogen) atoms. The van der Waals surface area contributed by atoms with E-state index in [0.717, 1.165) is 31.4 Å². The van der Waals surface area contributed by atoms with Crippen LogP contribution in [0.4, 0.5) is 0 Å². The Labute approximate surface area is 136 Å². The van der Waals surface area contributed by atoms with Crippen molar-refractivity contribution in [1.29, 1.82) is 0 Å². The maximum absolute atomic E-state index is 12.3. The van der Waals surface area contributed by atoms with Crippen LogP contribution in [0.1, 0.15) is 39.0 Å². The quantitative estimate of drug-likeness (QED) is 0.476. The minimum atomic E-state index is -1.04. The average molecular weight is 326 g/mol. The van der Waals surface area contributed by atoms with Gasteiger partial charge in [-0.2, -0.15) is 0 Å². The number of allylic oxidation sites excluding steroid dienone is 2. The van der Waals surface area contributed by atoms with Gasteiger partial charge in [-0.25, -0.2) is 0 Å². The number of carbonyl (C=O) groups excluding carboxylic acids is 1. The molecule has 5 nitrogen and oxygen atoms in total. The van der Waals surface area contributed by atoms with Crippen molar-refractivity contribution >= 4 is 23.6 Å². The number of unbranched alkanes of at least 4 members (excludes halogenated alkanes) is 2. The zero-order valence-corrected chi connectivity index (χ0v) is 14.0. The number of carboxylic acid groups (broad SMARTS) is 1. The van der Waals surface area contributed by atoms with E-state index in [2.05, 4.69) is 13.2 Å². The van der Waals surface area contributed by atoms with Crippen LogP contribution >= 0.6 is 11.8 Å². The maximum Gasteiger partial charge on any atom is 0.321 e. The fraction of sp³-hybridized carbons (Fsp3) is 0.625. The fourth-order valence-corrected chi connectivity index (χ4v) is 3.47. The van der Waals surface area contributed by atoms with Crippen molar-refractivity contribution in [3.05, 3.63) is 24.4 Å². The first kappa shape index (κ1) is 18.8. The summed E-state index contributed by atoms with van der Waals surface area (Å²) in [5.41, 5.74) is 7.49. The highest BCUT2D eigenvalue weighted by atomic mass is 32.2. The molecule has 0 radical (unpaired) electrons. The monoisotopic (exact) mass is 326 g/mol. The van der Waals surface area contributed by atoms with Crippen molar-refractivity contribution in [3.63, 3.8) is 0 Å². The molecule has 2 atom stereocenters. The van der Waals surface area contributed by atoms with Gasteiger partial charge in [0, 0.05) is 24.4 Å². The van der Waals surface area contributed by atoms with Crippen LogP contribution in [0.25, 0.3) is 0 Å². The largest absolute Gasteiger partial charge is 0.480 e. The number of carboxylic acids is 1. The summed E-state index contributed by atoms with van der Waals surface area (Å²) in [6, 6.07) is -0.928. The molecule has 1 fully saturated rings. The van der Waals surface area contributed by atoms with E-state index in [0.29, 0.717) is 13.0 Å². The lowest BCUT2D eigenvalue weighted by Crippen LogP contribution is -2.34. The van der Waals surface area contributed by atoms with Gasteiger partial charge in [-0.3, -0.25) is 9.59 Å². The van der Waals surface area contributed by atoms with Crippen LogP contribution in [0.5, 0.6) is 0 Å². The zero-order chi connectivity index (χ0) is 16.7. The number of hydrogen-bond donors (Lipinski definition) is 2. The van der Waals surface area contributed by atoms with Crippen molar-refractivity contribution < 1.29 is 14.7 Å². The molecular formula is C16H26N2O3S. The molecule has 3 N–H and O–H groups in total. The van der Waals surface area contributed by atoms with Crippen LogP contribution in [0.3, 0.4) is 0 Å². The molecule has 1 saturated heterocycles. The summed E-state index contributed by atoms with van der Waals surface area (Å²) in [6.45, 7) is 10.5. The fourth-order valence-electron chi connectivity index (χ4n) is 2.30. The van der Waals surface area contributed by atoms with E-state index >= 15 is 0 Å². The van der Waals surface area contributed by atoms with Gasteiger partial charge < -0.3 is 15.7 Å². The third kappa shape index (κ3) is 5.85. The zero-order valence-electron chi connectivity index (χ0n) is 13.2.